The van der Waals surface area contributed by atoms with Crippen LogP contribution in [-0.2, 0) is 14.2 Å². The maximum atomic E-state index is 12.8. The highest BCUT2D eigenvalue weighted by molar-refractivity contribution is 5.94. The first-order chi connectivity index (χ1) is 9.15. The summed E-state index contributed by atoms with van der Waals surface area (Å²) in [5.74, 6) is -1.08. The van der Waals surface area contributed by atoms with Crippen LogP contribution in [0, 0.1) is 5.82 Å². The molecule has 0 aromatic heterocycles. The number of carbonyl (C=O) groups excluding carboxylic acids is 1. The molecule has 5 nitrogen and oxygen atoms in total. The van der Waals surface area contributed by atoms with Crippen LogP contribution in [0.15, 0.2) is 18.2 Å². The SMILES string of the molecule is COCCCOCCOC(=O)c1ccc(F)cc1N. The third-order valence-electron chi connectivity index (χ3n) is 2.33. The number of rotatable bonds is 8. The second-order valence-electron chi connectivity index (χ2n) is 3.83. The lowest BCUT2D eigenvalue weighted by atomic mass is 10.2. The number of carbonyl (C=O) groups is 1. The van der Waals surface area contributed by atoms with Crippen molar-refractivity contribution >= 4 is 11.7 Å². The molecule has 2 N–H and O–H groups in total. The molecular weight excluding hydrogens is 253 g/mol. The Hall–Kier alpha value is -1.66. The molecule has 0 saturated carbocycles. The standard InChI is InChI=1S/C13H18FNO4/c1-17-5-2-6-18-7-8-19-13(16)11-4-3-10(14)9-12(11)15/h3-4,9H,2,5-8,15H2,1H3. The second-order valence-corrected chi connectivity index (χ2v) is 3.83. The van der Waals surface area contributed by atoms with Crippen molar-refractivity contribution in [2.75, 3.05) is 39.3 Å². The van der Waals surface area contributed by atoms with Gasteiger partial charge in [0.2, 0.25) is 0 Å². The number of hydrogen-bond acceptors (Lipinski definition) is 5. The normalized spacial score (nSPS) is 10.4. The van der Waals surface area contributed by atoms with Crippen LogP contribution >= 0.6 is 0 Å². The van der Waals surface area contributed by atoms with Crippen molar-refractivity contribution < 1.29 is 23.4 Å². The highest BCUT2D eigenvalue weighted by Gasteiger charge is 2.11. The van der Waals surface area contributed by atoms with Crippen molar-refractivity contribution in [3.8, 4) is 0 Å². The zero-order chi connectivity index (χ0) is 14.1. The summed E-state index contributed by atoms with van der Waals surface area (Å²) in [6.07, 6.45) is 0.787. The van der Waals surface area contributed by atoms with Crippen LogP contribution < -0.4 is 5.73 Å². The van der Waals surface area contributed by atoms with Gasteiger partial charge in [-0.15, -0.1) is 0 Å². The summed E-state index contributed by atoms with van der Waals surface area (Å²) in [6, 6.07) is 3.54. The quantitative estimate of drug-likeness (QED) is 0.442. The molecule has 19 heavy (non-hydrogen) atoms. The van der Waals surface area contributed by atoms with Gasteiger partial charge in [-0.3, -0.25) is 0 Å². The van der Waals surface area contributed by atoms with Gasteiger partial charge in [0.15, 0.2) is 0 Å². The molecule has 0 atom stereocenters. The van der Waals surface area contributed by atoms with E-state index >= 15 is 0 Å². The zero-order valence-corrected chi connectivity index (χ0v) is 10.9. The van der Waals surface area contributed by atoms with Crippen LogP contribution in [0.5, 0.6) is 0 Å². The Kier molecular flexibility index (Phi) is 6.84. The molecule has 0 aliphatic rings. The van der Waals surface area contributed by atoms with E-state index in [0.717, 1.165) is 18.6 Å². The van der Waals surface area contributed by atoms with Crippen molar-refractivity contribution in [3.63, 3.8) is 0 Å². The first-order valence-electron chi connectivity index (χ1n) is 5.94. The molecule has 0 unspecified atom stereocenters. The van der Waals surface area contributed by atoms with E-state index in [2.05, 4.69) is 0 Å². The summed E-state index contributed by atoms with van der Waals surface area (Å²) in [5.41, 5.74) is 5.74. The minimum Gasteiger partial charge on any atom is -0.460 e. The molecule has 1 aromatic rings. The van der Waals surface area contributed by atoms with Crippen LogP contribution in [0.1, 0.15) is 16.8 Å². The van der Waals surface area contributed by atoms with E-state index in [9.17, 15) is 9.18 Å². The molecule has 0 radical (unpaired) electrons. The Balaban J connectivity index is 2.24. The van der Waals surface area contributed by atoms with Gasteiger partial charge in [0, 0.05) is 26.0 Å². The lowest BCUT2D eigenvalue weighted by molar-refractivity contribution is 0.0289. The fraction of sp³-hybridized carbons (Fsp3) is 0.462. The van der Waals surface area contributed by atoms with E-state index in [1.165, 1.54) is 6.07 Å². The average molecular weight is 271 g/mol. The van der Waals surface area contributed by atoms with Gasteiger partial charge in [-0.2, -0.15) is 0 Å². The van der Waals surface area contributed by atoms with Gasteiger partial charge in [-0.1, -0.05) is 0 Å². The zero-order valence-electron chi connectivity index (χ0n) is 10.9. The van der Waals surface area contributed by atoms with E-state index in [-0.39, 0.29) is 17.9 Å². The lowest BCUT2D eigenvalue weighted by Gasteiger charge is -2.07. The van der Waals surface area contributed by atoms with Crippen molar-refractivity contribution in [2.24, 2.45) is 0 Å². The number of ether oxygens (including phenoxy) is 3. The predicted molar refractivity (Wildman–Crippen MR) is 68.4 cm³/mol. The topological polar surface area (TPSA) is 70.8 Å². The molecule has 6 heteroatoms. The smallest absolute Gasteiger partial charge is 0.340 e. The van der Waals surface area contributed by atoms with Gasteiger partial charge in [0.25, 0.3) is 0 Å². The lowest BCUT2D eigenvalue weighted by Crippen LogP contribution is -2.13. The van der Waals surface area contributed by atoms with Gasteiger partial charge < -0.3 is 19.9 Å². The third-order valence-corrected chi connectivity index (χ3v) is 2.33. The van der Waals surface area contributed by atoms with Crippen LogP contribution in [0.3, 0.4) is 0 Å². The first-order valence-corrected chi connectivity index (χ1v) is 5.94. The number of methoxy groups -OCH3 is 1. The number of hydrogen-bond donors (Lipinski definition) is 1. The average Bonchev–Trinajstić information content (AvgIpc) is 2.37. The number of nitrogen functional groups attached to an aromatic ring is 1. The largest absolute Gasteiger partial charge is 0.460 e. The van der Waals surface area contributed by atoms with E-state index in [1.807, 2.05) is 0 Å². The Morgan fingerprint density at radius 2 is 2.05 bits per heavy atom. The number of esters is 1. The minimum absolute atomic E-state index is 0.0611. The second kappa shape index (κ2) is 8.44. The molecule has 106 valence electrons. The fourth-order valence-electron chi connectivity index (χ4n) is 1.40. The van der Waals surface area contributed by atoms with E-state index in [4.69, 9.17) is 19.9 Å². The Morgan fingerprint density at radius 3 is 2.74 bits per heavy atom. The van der Waals surface area contributed by atoms with E-state index in [0.29, 0.717) is 19.8 Å². The number of nitrogens with two attached hydrogens (primary N) is 1. The summed E-state index contributed by atoms with van der Waals surface area (Å²) in [7, 11) is 1.62. The molecule has 0 amide bonds. The fourth-order valence-corrected chi connectivity index (χ4v) is 1.40. The Bertz CT molecular complexity index is 412. The van der Waals surface area contributed by atoms with Crippen molar-refractivity contribution in [3.05, 3.63) is 29.6 Å². The van der Waals surface area contributed by atoms with Gasteiger partial charge >= 0.3 is 5.97 Å². The molecule has 1 aromatic carbocycles. The molecule has 0 aliphatic carbocycles. The van der Waals surface area contributed by atoms with Crippen LogP contribution in [0.2, 0.25) is 0 Å². The number of benzene rings is 1. The summed E-state index contributed by atoms with van der Waals surface area (Å²) in [6.45, 7) is 1.61. The summed E-state index contributed by atoms with van der Waals surface area (Å²) < 4.78 is 27.8. The molecule has 0 aliphatic heterocycles. The summed E-state index contributed by atoms with van der Waals surface area (Å²) in [5, 5.41) is 0. The molecule has 0 saturated heterocycles. The summed E-state index contributed by atoms with van der Waals surface area (Å²) in [4.78, 5) is 11.6. The Labute approximate surface area is 111 Å². The molecular formula is C13H18FNO4. The molecule has 0 spiro atoms. The van der Waals surface area contributed by atoms with Crippen LogP contribution in [-0.4, -0.2) is 39.5 Å². The monoisotopic (exact) mass is 271 g/mol. The van der Waals surface area contributed by atoms with Crippen molar-refractivity contribution in [1.82, 2.24) is 0 Å². The highest BCUT2D eigenvalue weighted by atomic mass is 19.1. The van der Waals surface area contributed by atoms with Gasteiger partial charge in [0.1, 0.15) is 12.4 Å². The summed E-state index contributed by atoms with van der Waals surface area (Å²) >= 11 is 0. The van der Waals surface area contributed by atoms with Crippen molar-refractivity contribution in [1.29, 1.82) is 0 Å². The van der Waals surface area contributed by atoms with Gasteiger partial charge in [0.05, 0.1) is 12.2 Å². The molecule has 0 fully saturated rings. The van der Waals surface area contributed by atoms with E-state index < -0.39 is 11.8 Å². The van der Waals surface area contributed by atoms with Gasteiger partial charge in [-0.25, -0.2) is 9.18 Å². The maximum Gasteiger partial charge on any atom is 0.340 e. The van der Waals surface area contributed by atoms with Crippen molar-refractivity contribution in [2.45, 2.75) is 6.42 Å². The molecule has 0 bridgehead atoms. The van der Waals surface area contributed by atoms with Gasteiger partial charge in [-0.05, 0) is 24.6 Å². The molecule has 0 heterocycles. The predicted octanol–water partition coefficient (Wildman–Crippen LogP) is 1.62. The third kappa shape index (κ3) is 5.67. The minimum atomic E-state index is -0.585. The van der Waals surface area contributed by atoms with Crippen LogP contribution in [0.25, 0.3) is 0 Å². The Morgan fingerprint density at radius 1 is 1.26 bits per heavy atom. The van der Waals surface area contributed by atoms with E-state index in [1.54, 1.807) is 7.11 Å². The number of anilines is 1. The highest BCUT2D eigenvalue weighted by Crippen LogP contribution is 2.14. The maximum absolute atomic E-state index is 12.8. The van der Waals surface area contributed by atoms with Crippen LogP contribution in [0.4, 0.5) is 10.1 Å². The number of halogens is 1. The first kappa shape index (κ1) is 15.4. The molecule has 1 rings (SSSR count).